The average Bonchev–Trinajstić information content (AvgIpc) is 3.90. The molecule has 0 bridgehead atoms. The van der Waals surface area contributed by atoms with Crippen molar-refractivity contribution in [2.24, 2.45) is 0 Å². The molecule has 11 aromatic rings. The highest BCUT2D eigenvalue weighted by Crippen LogP contribution is 2.49. The van der Waals surface area contributed by atoms with E-state index in [1.54, 1.807) is 0 Å². The minimum Gasteiger partial charge on any atom is -0.456 e. The number of fused-ring (bicyclic) bond motifs is 9. The van der Waals surface area contributed by atoms with Crippen molar-refractivity contribution in [3.05, 3.63) is 176 Å². The third kappa shape index (κ3) is 4.45. The first kappa shape index (κ1) is 29.1. The molecule has 11 rings (SSSR count). The van der Waals surface area contributed by atoms with Gasteiger partial charge in [0.15, 0.2) is 0 Å². The summed E-state index contributed by atoms with van der Waals surface area (Å²) in [5, 5.41) is 6.86. The molecule has 0 amide bonds. The van der Waals surface area contributed by atoms with E-state index < -0.39 is 0 Å². The molecular weight excluding hydrogens is 655 g/mol. The molecule has 0 saturated heterocycles. The van der Waals surface area contributed by atoms with Gasteiger partial charge in [0.2, 0.25) is 0 Å². The number of anilines is 3. The van der Waals surface area contributed by atoms with E-state index in [4.69, 9.17) is 8.83 Å². The summed E-state index contributed by atoms with van der Waals surface area (Å²) in [4.78, 5) is 2.41. The molecular formula is C48H29NO2S. The highest BCUT2D eigenvalue weighted by molar-refractivity contribution is 7.26. The molecule has 0 aliphatic rings. The smallest absolute Gasteiger partial charge is 0.143 e. The zero-order chi connectivity index (χ0) is 34.2. The van der Waals surface area contributed by atoms with Gasteiger partial charge in [-0.15, -0.1) is 11.3 Å². The Kier molecular flexibility index (Phi) is 6.42. The minimum absolute atomic E-state index is 0.865. The van der Waals surface area contributed by atoms with Crippen LogP contribution in [0.25, 0.3) is 86.3 Å². The van der Waals surface area contributed by atoms with Crippen molar-refractivity contribution in [2.45, 2.75) is 0 Å². The van der Waals surface area contributed by atoms with Crippen LogP contribution in [0.5, 0.6) is 0 Å². The van der Waals surface area contributed by atoms with Crippen LogP contribution in [-0.4, -0.2) is 0 Å². The molecule has 0 fully saturated rings. The lowest BCUT2D eigenvalue weighted by Crippen LogP contribution is -2.10. The van der Waals surface area contributed by atoms with Gasteiger partial charge in [-0.2, -0.15) is 0 Å². The number of para-hydroxylation sites is 2. The minimum atomic E-state index is 0.865. The van der Waals surface area contributed by atoms with Crippen LogP contribution in [0, 0.1) is 0 Å². The lowest BCUT2D eigenvalue weighted by atomic mass is 9.99. The number of thiophene rings is 1. The topological polar surface area (TPSA) is 29.5 Å². The summed E-state index contributed by atoms with van der Waals surface area (Å²) in [7, 11) is 0. The first-order chi connectivity index (χ1) is 25.8. The van der Waals surface area contributed by atoms with Gasteiger partial charge in [0, 0.05) is 58.7 Å². The maximum Gasteiger partial charge on any atom is 0.143 e. The fourth-order valence-corrected chi connectivity index (χ4v) is 9.15. The predicted molar refractivity (Wildman–Crippen MR) is 219 cm³/mol. The quantitative estimate of drug-likeness (QED) is 0.181. The molecule has 0 unspecified atom stereocenters. The van der Waals surface area contributed by atoms with Gasteiger partial charge in [0.1, 0.15) is 22.3 Å². The fourth-order valence-electron chi connectivity index (χ4n) is 7.89. The van der Waals surface area contributed by atoms with Crippen LogP contribution in [-0.2, 0) is 0 Å². The van der Waals surface area contributed by atoms with E-state index in [0.29, 0.717) is 0 Å². The van der Waals surface area contributed by atoms with E-state index in [-0.39, 0.29) is 0 Å². The summed E-state index contributed by atoms with van der Waals surface area (Å²) in [5.74, 6) is 0. The summed E-state index contributed by atoms with van der Waals surface area (Å²) in [6.45, 7) is 0. The van der Waals surface area contributed by atoms with Crippen molar-refractivity contribution in [1.82, 2.24) is 0 Å². The second kappa shape index (κ2) is 11.5. The largest absolute Gasteiger partial charge is 0.456 e. The fraction of sp³-hybridized carbons (Fsp3) is 0. The lowest BCUT2D eigenvalue weighted by Gasteiger charge is -2.27. The predicted octanol–water partition coefficient (Wildman–Crippen LogP) is 14.7. The van der Waals surface area contributed by atoms with Crippen LogP contribution in [0.4, 0.5) is 17.1 Å². The van der Waals surface area contributed by atoms with Crippen molar-refractivity contribution in [1.29, 1.82) is 0 Å². The third-order valence-electron chi connectivity index (χ3n) is 10.3. The Morgan fingerprint density at radius 3 is 1.77 bits per heavy atom. The molecule has 0 aliphatic heterocycles. The number of hydrogen-bond acceptors (Lipinski definition) is 4. The molecule has 244 valence electrons. The molecule has 0 N–H and O–H groups in total. The van der Waals surface area contributed by atoms with Gasteiger partial charge in [-0.25, -0.2) is 0 Å². The molecule has 0 atom stereocenters. The van der Waals surface area contributed by atoms with Crippen LogP contribution in [0.3, 0.4) is 0 Å². The van der Waals surface area contributed by atoms with E-state index in [1.807, 2.05) is 29.5 Å². The van der Waals surface area contributed by atoms with Crippen LogP contribution >= 0.6 is 11.3 Å². The molecule has 3 heterocycles. The molecule has 0 spiro atoms. The maximum absolute atomic E-state index is 6.63. The van der Waals surface area contributed by atoms with Crippen molar-refractivity contribution < 1.29 is 8.83 Å². The lowest BCUT2D eigenvalue weighted by molar-refractivity contribution is 0.669. The van der Waals surface area contributed by atoms with Gasteiger partial charge >= 0.3 is 0 Å². The Bertz CT molecular complexity index is 3130. The van der Waals surface area contributed by atoms with Crippen molar-refractivity contribution >= 4 is 92.4 Å². The molecule has 0 radical (unpaired) electrons. The number of nitrogens with zero attached hydrogens (tertiary/aromatic N) is 1. The Morgan fingerprint density at radius 1 is 0.404 bits per heavy atom. The highest BCUT2D eigenvalue weighted by Gasteiger charge is 2.23. The normalized spacial score (nSPS) is 11.8. The first-order valence-corrected chi connectivity index (χ1v) is 18.3. The number of furan rings is 2. The van der Waals surface area contributed by atoms with Gasteiger partial charge in [-0.3, -0.25) is 0 Å². The van der Waals surface area contributed by atoms with E-state index in [2.05, 4.69) is 163 Å². The van der Waals surface area contributed by atoms with E-state index in [0.717, 1.165) is 72.1 Å². The summed E-state index contributed by atoms with van der Waals surface area (Å²) in [5.41, 5.74) is 11.4. The van der Waals surface area contributed by atoms with Crippen LogP contribution in [0.2, 0.25) is 0 Å². The van der Waals surface area contributed by atoms with Crippen molar-refractivity contribution in [3.63, 3.8) is 0 Å². The van der Waals surface area contributed by atoms with Crippen molar-refractivity contribution in [2.75, 3.05) is 4.90 Å². The molecule has 4 heteroatoms. The zero-order valence-corrected chi connectivity index (χ0v) is 28.7. The molecule has 0 aliphatic carbocycles. The molecule has 52 heavy (non-hydrogen) atoms. The first-order valence-electron chi connectivity index (χ1n) is 17.5. The Balaban J connectivity index is 1.21. The monoisotopic (exact) mass is 683 g/mol. The Hall–Kier alpha value is -6.62. The van der Waals surface area contributed by atoms with Crippen LogP contribution in [0.15, 0.2) is 185 Å². The summed E-state index contributed by atoms with van der Waals surface area (Å²) < 4.78 is 15.5. The number of rotatable bonds is 5. The summed E-state index contributed by atoms with van der Waals surface area (Å²) in [6, 6.07) is 62.5. The van der Waals surface area contributed by atoms with Gasteiger partial charge in [-0.05, 0) is 71.3 Å². The second-order valence-corrected chi connectivity index (χ2v) is 14.3. The summed E-state index contributed by atoms with van der Waals surface area (Å²) in [6.07, 6.45) is 0. The zero-order valence-electron chi connectivity index (χ0n) is 27.9. The molecule has 3 nitrogen and oxygen atoms in total. The van der Waals surface area contributed by atoms with E-state index >= 15 is 0 Å². The molecule has 0 saturated carbocycles. The van der Waals surface area contributed by atoms with Crippen LogP contribution in [0.1, 0.15) is 0 Å². The molecule has 3 aromatic heterocycles. The number of hydrogen-bond donors (Lipinski definition) is 0. The van der Waals surface area contributed by atoms with Gasteiger partial charge in [0.25, 0.3) is 0 Å². The van der Waals surface area contributed by atoms with Gasteiger partial charge in [0.05, 0.1) is 5.69 Å². The maximum atomic E-state index is 6.63. The standard InChI is InChI=1S/C48H29NO2S/c1-3-12-30(13-4-1)34-18-11-19-37-40-29-33(23-27-44(40)51-47(34)37)49(32-22-26-43-39(28-32)36-16-7-9-20-42(36)50-43)41-25-24-35(31-14-5-2-6-15-31)48-46(41)38-17-8-10-21-45(38)52-48/h1-29H. The third-order valence-corrected chi connectivity index (χ3v) is 11.5. The number of benzene rings is 8. The Labute approximate surface area is 303 Å². The average molecular weight is 684 g/mol. The Morgan fingerprint density at radius 2 is 1.00 bits per heavy atom. The second-order valence-electron chi connectivity index (χ2n) is 13.2. The highest BCUT2D eigenvalue weighted by atomic mass is 32.1. The van der Waals surface area contributed by atoms with E-state index in [1.165, 1.54) is 31.3 Å². The van der Waals surface area contributed by atoms with Crippen molar-refractivity contribution in [3.8, 4) is 22.3 Å². The van der Waals surface area contributed by atoms with E-state index in [9.17, 15) is 0 Å². The van der Waals surface area contributed by atoms with Gasteiger partial charge in [-0.1, -0.05) is 121 Å². The molecule has 8 aromatic carbocycles. The van der Waals surface area contributed by atoms with Crippen LogP contribution < -0.4 is 4.90 Å². The summed E-state index contributed by atoms with van der Waals surface area (Å²) >= 11 is 1.86. The SMILES string of the molecule is c1ccc(-c2cccc3c2oc2ccc(N(c4ccc5oc6ccccc6c5c4)c4ccc(-c5ccccc5)c5sc6ccccc6c45)cc23)cc1. The van der Waals surface area contributed by atoms with Gasteiger partial charge < -0.3 is 13.7 Å².